The molecule has 1 aromatic carbocycles. The number of nitrogens with one attached hydrogen (secondary N) is 1. The summed E-state index contributed by atoms with van der Waals surface area (Å²) in [5.41, 5.74) is 2.59. The second-order valence-electron chi connectivity index (χ2n) is 3.75. The lowest BCUT2D eigenvalue weighted by molar-refractivity contribution is 0.0970. The van der Waals surface area contributed by atoms with E-state index in [1.807, 2.05) is 17.6 Å². The molecule has 4 heteroatoms. The van der Waals surface area contributed by atoms with Gasteiger partial charge < -0.3 is 10.1 Å². The Balaban J connectivity index is 1.87. The maximum Gasteiger partial charge on any atom is 0.183 e. The van der Waals surface area contributed by atoms with Crippen molar-refractivity contribution in [3.05, 3.63) is 47.0 Å². The number of aromatic nitrogens is 1. The molecule has 1 aromatic heterocycles. The first kappa shape index (κ1) is 9.81. The van der Waals surface area contributed by atoms with Crippen LogP contribution in [-0.4, -0.2) is 11.6 Å². The summed E-state index contributed by atoms with van der Waals surface area (Å²) >= 11 is 1.61. The van der Waals surface area contributed by atoms with E-state index in [1.165, 1.54) is 11.1 Å². The minimum atomic E-state index is 0.219. The second kappa shape index (κ2) is 4.23. The molecule has 1 aliphatic heterocycles. The molecule has 1 unspecified atom stereocenters. The van der Waals surface area contributed by atoms with Crippen molar-refractivity contribution in [1.29, 1.82) is 0 Å². The molecule has 0 radical (unpaired) electrons. The molecule has 3 rings (SSSR count). The standard InChI is InChI=1S/C12H12N2OS/c1-2-4-10-9(3-1)7-15-8-11(10)14-12-13-5-6-16-12/h1-6,11H,7-8H2,(H,13,14). The van der Waals surface area contributed by atoms with Gasteiger partial charge in [0.05, 0.1) is 19.3 Å². The van der Waals surface area contributed by atoms with Crippen LogP contribution in [0.2, 0.25) is 0 Å². The first-order valence-corrected chi connectivity index (χ1v) is 6.13. The number of ether oxygens (including phenoxy) is 1. The van der Waals surface area contributed by atoms with Crippen molar-refractivity contribution in [3.63, 3.8) is 0 Å². The van der Waals surface area contributed by atoms with Crippen LogP contribution < -0.4 is 5.32 Å². The van der Waals surface area contributed by atoms with Crippen molar-refractivity contribution in [1.82, 2.24) is 4.98 Å². The van der Waals surface area contributed by atoms with E-state index in [9.17, 15) is 0 Å². The summed E-state index contributed by atoms with van der Waals surface area (Å²) < 4.78 is 5.57. The summed E-state index contributed by atoms with van der Waals surface area (Å²) in [6.07, 6.45) is 1.81. The number of thiazole rings is 1. The molecule has 0 aliphatic carbocycles. The van der Waals surface area contributed by atoms with Gasteiger partial charge in [-0.2, -0.15) is 0 Å². The van der Waals surface area contributed by atoms with E-state index in [4.69, 9.17) is 4.74 Å². The highest BCUT2D eigenvalue weighted by atomic mass is 32.1. The van der Waals surface area contributed by atoms with E-state index in [0.29, 0.717) is 13.2 Å². The molecule has 0 bridgehead atoms. The van der Waals surface area contributed by atoms with E-state index >= 15 is 0 Å². The third-order valence-electron chi connectivity index (χ3n) is 2.70. The van der Waals surface area contributed by atoms with Crippen molar-refractivity contribution < 1.29 is 4.74 Å². The summed E-state index contributed by atoms with van der Waals surface area (Å²) in [5.74, 6) is 0. The highest BCUT2D eigenvalue weighted by Gasteiger charge is 2.20. The molecule has 0 saturated carbocycles. The third-order valence-corrected chi connectivity index (χ3v) is 3.41. The minimum Gasteiger partial charge on any atom is -0.374 e. The van der Waals surface area contributed by atoms with Gasteiger partial charge in [-0.05, 0) is 11.1 Å². The summed E-state index contributed by atoms with van der Waals surface area (Å²) in [5, 5.41) is 6.32. The predicted molar refractivity (Wildman–Crippen MR) is 64.6 cm³/mol. The SMILES string of the molecule is c1ccc2c(c1)COCC2Nc1nccs1. The summed E-state index contributed by atoms with van der Waals surface area (Å²) in [4.78, 5) is 4.24. The van der Waals surface area contributed by atoms with Crippen LogP contribution in [0.25, 0.3) is 0 Å². The van der Waals surface area contributed by atoms with Crippen LogP contribution in [0.4, 0.5) is 5.13 Å². The van der Waals surface area contributed by atoms with Gasteiger partial charge in [0.1, 0.15) is 0 Å². The van der Waals surface area contributed by atoms with Crippen molar-refractivity contribution in [2.45, 2.75) is 12.6 Å². The van der Waals surface area contributed by atoms with Gasteiger partial charge in [0.15, 0.2) is 5.13 Å². The van der Waals surface area contributed by atoms with Crippen LogP contribution in [0.5, 0.6) is 0 Å². The number of hydrogen-bond acceptors (Lipinski definition) is 4. The van der Waals surface area contributed by atoms with Gasteiger partial charge in [0.25, 0.3) is 0 Å². The lowest BCUT2D eigenvalue weighted by atomic mass is 9.99. The van der Waals surface area contributed by atoms with Gasteiger partial charge in [-0.15, -0.1) is 11.3 Å². The lowest BCUT2D eigenvalue weighted by Crippen LogP contribution is -2.22. The molecule has 2 aromatic rings. The van der Waals surface area contributed by atoms with E-state index in [2.05, 4.69) is 28.5 Å². The molecule has 0 fully saturated rings. The van der Waals surface area contributed by atoms with Crippen molar-refractivity contribution in [2.24, 2.45) is 0 Å². The molecule has 16 heavy (non-hydrogen) atoms. The average molecular weight is 232 g/mol. The number of rotatable bonds is 2. The molecule has 0 amide bonds. The highest BCUT2D eigenvalue weighted by molar-refractivity contribution is 7.13. The van der Waals surface area contributed by atoms with Gasteiger partial charge in [-0.3, -0.25) is 0 Å². The van der Waals surface area contributed by atoms with Gasteiger partial charge in [-0.1, -0.05) is 24.3 Å². The largest absolute Gasteiger partial charge is 0.374 e. The highest BCUT2D eigenvalue weighted by Crippen LogP contribution is 2.28. The maximum absolute atomic E-state index is 5.57. The topological polar surface area (TPSA) is 34.1 Å². The molecule has 1 N–H and O–H groups in total. The number of anilines is 1. The Kier molecular flexibility index (Phi) is 2.60. The maximum atomic E-state index is 5.57. The van der Waals surface area contributed by atoms with E-state index in [0.717, 1.165) is 5.13 Å². The Morgan fingerprint density at radius 1 is 1.38 bits per heavy atom. The fourth-order valence-corrected chi connectivity index (χ4v) is 2.53. The molecule has 1 atom stereocenters. The summed E-state index contributed by atoms with van der Waals surface area (Å²) in [6.45, 7) is 1.42. The molecule has 82 valence electrons. The minimum absolute atomic E-state index is 0.219. The Labute approximate surface area is 98.1 Å². The third kappa shape index (κ3) is 1.81. The monoisotopic (exact) mass is 232 g/mol. The van der Waals surface area contributed by atoms with E-state index < -0.39 is 0 Å². The zero-order valence-corrected chi connectivity index (χ0v) is 9.54. The molecule has 0 saturated heterocycles. The van der Waals surface area contributed by atoms with Crippen LogP contribution in [0.3, 0.4) is 0 Å². The van der Waals surface area contributed by atoms with Gasteiger partial charge in [-0.25, -0.2) is 4.98 Å². The molecule has 2 heterocycles. The van der Waals surface area contributed by atoms with Crippen LogP contribution in [0.15, 0.2) is 35.8 Å². The van der Waals surface area contributed by atoms with Crippen molar-refractivity contribution >= 4 is 16.5 Å². The van der Waals surface area contributed by atoms with Crippen LogP contribution in [0, 0.1) is 0 Å². The van der Waals surface area contributed by atoms with Gasteiger partial charge in [0.2, 0.25) is 0 Å². The van der Waals surface area contributed by atoms with Crippen LogP contribution >= 0.6 is 11.3 Å². The zero-order valence-electron chi connectivity index (χ0n) is 8.72. The smallest absolute Gasteiger partial charge is 0.183 e. The fraction of sp³-hybridized carbons (Fsp3) is 0.250. The van der Waals surface area contributed by atoms with Crippen molar-refractivity contribution in [2.75, 3.05) is 11.9 Å². The summed E-state index contributed by atoms with van der Waals surface area (Å²) in [7, 11) is 0. The summed E-state index contributed by atoms with van der Waals surface area (Å²) in [6, 6.07) is 8.61. The quantitative estimate of drug-likeness (QED) is 0.864. The fourth-order valence-electron chi connectivity index (χ4n) is 1.95. The Hall–Kier alpha value is -1.39. The molecular formula is C12H12N2OS. The number of nitrogens with zero attached hydrogens (tertiary/aromatic N) is 1. The number of benzene rings is 1. The number of hydrogen-bond donors (Lipinski definition) is 1. The number of fused-ring (bicyclic) bond motifs is 1. The first-order chi connectivity index (χ1) is 7.93. The average Bonchev–Trinajstić information content (AvgIpc) is 2.82. The molecule has 0 spiro atoms. The van der Waals surface area contributed by atoms with Crippen LogP contribution in [-0.2, 0) is 11.3 Å². The molecular weight excluding hydrogens is 220 g/mol. The van der Waals surface area contributed by atoms with E-state index in [1.54, 1.807) is 11.3 Å². The lowest BCUT2D eigenvalue weighted by Gasteiger charge is -2.26. The van der Waals surface area contributed by atoms with Crippen molar-refractivity contribution in [3.8, 4) is 0 Å². The van der Waals surface area contributed by atoms with Gasteiger partial charge >= 0.3 is 0 Å². The normalized spacial score (nSPS) is 19.1. The van der Waals surface area contributed by atoms with E-state index in [-0.39, 0.29) is 6.04 Å². The molecule has 3 nitrogen and oxygen atoms in total. The second-order valence-corrected chi connectivity index (χ2v) is 4.64. The van der Waals surface area contributed by atoms with Gasteiger partial charge in [0, 0.05) is 11.6 Å². The Morgan fingerprint density at radius 3 is 3.19 bits per heavy atom. The first-order valence-electron chi connectivity index (χ1n) is 5.25. The predicted octanol–water partition coefficient (Wildman–Crippen LogP) is 2.83. The Morgan fingerprint density at radius 2 is 2.31 bits per heavy atom. The zero-order chi connectivity index (χ0) is 10.8. The van der Waals surface area contributed by atoms with Crippen LogP contribution in [0.1, 0.15) is 17.2 Å². The Bertz CT molecular complexity index is 470. The molecule has 1 aliphatic rings.